The molecule has 0 aliphatic carbocycles. The van der Waals surface area contributed by atoms with E-state index in [9.17, 15) is 0 Å². The highest BCUT2D eigenvalue weighted by molar-refractivity contribution is 6.29. The molecule has 252 valence electrons. The molecule has 0 aliphatic heterocycles. The van der Waals surface area contributed by atoms with Gasteiger partial charge < -0.3 is 19.1 Å². The average Bonchev–Trinajstić information content (AvgIpc) is 3.87. The maximum atomic E-state index is 3.67. The lowest BCUT2D eigenvalue weighted by molar-refractivity contribution is 1.18. The number of H-pyrrole nitrogens is 2. The monoisotopic (exact) mass is 688 g/mol. The van der Waals surface area contributed by atoms with Crippen LogP contribution in [0.2, 0.25) is 0 Å². The first-order chi connectivity index (χ1) is 26.8. The summed E-state index contributed by atoms with van der Waals surface area (Å²) < 4.78 is 4.77. The summed E-state index contributed by atoms with van der Waals surface area (Å²) in [4.78, 5) is 7.18. The Morgan fingerprint density at radius 1 is 0.352 bits per heavy atom. The van der Waals surface area contributed by atoms with E-state index in [1.807, 2.05) is 6.20 Å². The summed E-state index contributed by atoms with van der Waals surface area (Å²) >= 11 is 0. The van der Waals surface area contributed by atoms with Crippen molar-refractivity contribution < 1.29 is 0 Å². The Morgan fingerprint density at radius 3 is 1.59 bits per heavy atom. The van der Waals surface area contributed by atoms with Crippen molar-refractivity contribution in [3.8, 4) is 33.8 Å². The number of aromatic amines is 2. The largest absolute Gasteiger partial charge is 0.361 e. The van der Waals surface area contributed by atoms with Crippen LogP contribution in [0.25, 0.3) is 110 Å². The number of nitrogens with zero attached hydrogens (tertiary/aromatic N) is 2. The van der Waals surface area contributed by atoms with Crippen LogP contribution in [-0.4, -0.2) is 19.1 Å². The van der Waals surface area contributed by atoms with Crippen LogP contribution in [0.15, 0.2) is 182 Å². The lowest BCUT2D eigenvalue weighted by Gasteiger charge is -2.09. The molecule has 0 bridgehead atoms. The lowest BCUT2D eigenvalue weighted by Crippen LogP contribution is -1.93. The molecule has 4 aromatic heterocycles. The number of hydrogen-bond donors (Lipinski definition) is 2. The molecule has 12 aromatic rings. The van der Waals surface area contributed by atoms with Gasteiger partial charge in [0.1, 0.15) is 0 Å². The van der Waals surface area contributed by atoms with Gasteiger partial charge in [0.25, 0.3) is 0 Å². The van der Waals surface area contributed by atoms with E-state index in [1.165, 1.54) is 92.9 Å². The van der Waals surface area contributed by atoms with Crippen molar-refractivity contribution in [1.82, 2.24) is 19.1 Å². The van der Waals surface area contributed by atoms with Gasteiger partial charge in [-0.25, -0.2) is 0 Å². The number of benzene rings is 7. The van der Waals surface area contributed by atoms with Gasteiger partial charge in [-0.1, -0.05) is 91.0 Å². The van der Waals surface area contributed by atoms with Crippen LogP contribution in [0.1, 0.15) is 0 Å². The third-order valence-corrected chi connectivity index (χ3v) is 11.5. The molecule has 4 heterocycles. The van der Waals surface area contributed by atoms with E-state index in [-0.39, 0.29) is 0 Å². The quantitative estimate of drug-likeness (QED) is 0.185. The first-order valence-corrected chi connectivity index (χ1v) is 18.5. The minimum absolute atomic E-state index is 1.09. The second kappa shape index (κ2) is 11.1. The predicted octanol–water partition coefficient (Wildman–Crippen LogP) is 13.3. The molecule has 0 saturated carbocycles. The summed E-state index contributed by atoms with van der Waals surface area (Å²) in [6, 6.07) is 62.0. The number of nitrogens with one attached hydrogen (secondary N) is 2. The molecule has 0 radical (unpaired) electrons. The standard InChI is InChI=1S/C50H32N4/c1-3-11-35(12-4-1)53-45-17-8-7-15-37(45)40-26-32(18-21-46(40)53)33-19-22-47-41(27-33)42-28-34(20-23-48(42)54(47)36-13-5-2-6-14-36)44-29-39-38-16-9-10-31-24-25-51-50(49(31)38)43(39)30-52-44/h1-30,51-52H. The van der Waals surface area contributed by atoms with E-state index in [4.69, 9.17) is 0 Å². The molecule has 0 amide bonds. The van der Waals surface area contributed by atoms with Crippen molar-refractivity contribution in [2.75, 3.05) is 0 Å². The Bertz CT molecular complexity index is 3420. The normalized spacial score (nSPS) is 12.1. The fourth-order valence-corrected chi connectivity index (χ4v) is 9.03. The van der Waals surface area contributed by atoms with Crippen molar-refractivity contribution in [2.45, 2.75) is 0 Å². The molecule has 0 fully saturated rings. The van der Waals surface area contributed by atoms with Crippen LogP contribution in [0.4, 0.5) is 0 Å². The molecular weight excluding hydrogens is 657 g/mol. The van der Waals surface area contributed by atoms with E-state index in [0.29, 0.717) is 0 Å². The zero-order chi connectivity index (χ0) is 35.3. The maximum absolute atomic E-state index is 3.67. The van der Waals surface area contributed by atoms with Gasteiger partial charge in [0.15, 0.2) is 0 Å². The highest BCUT2D eigenvalue weighted by Crippen LogP contribution is 2.41. The van der Waals surface area contributed by atoms with E-state index < -0.39 is 0 Å². The summed E-state index contributed by atoms with van der Waals surface area (Å²) in [5.74, 6) is 0. The fourth-order valence-electron chi connectivity index (χ4n) is 9.03. The number of fused-ring (bicyclic) bond motifs is 9. The summed E-state index contributed by atoms with van der Waals surface area (Å²) in [6.07, 6.45) is 4.20. The Hall–Kier alpha value is -7.30. The van der Waals surface area contributed by atoms with Crippen LogP contribution < -0.4 is 0 Å². The first kappa shape index (κ1) is 29.3. The Labute approximate surface area is 310 Å². The second-order valence-corrected chi connectivity index (χ2v) is 14.4. The van der Waals surface area contributed by atoms with E-state index >= 15 is 0 Å². The molecule has 0 saturated heterocycles. The number of para-hydroxylation sites is 3. The van der Waals surface area contributed by atoms with Gasteiger partial charge >= 0.3 is 0 Å². The summed E-state index contributed by atoms with van der Waals surface area (Å²) in [5, 5.41) is 11.3. The van der Waals surface area contributed by atoms with Gasteiger partial charge in [0, 0.05) is 61.8 Å². The van der Waals surface area contributed by atoms with Crippen LogP contribution in [0, 0.1) is 0 Å². The van der Waals surface area contributed by atoms with Crippen LogP contribution in [0.3, 0.4) is 0 Å². The maximum Gasteiger partial charge on any atom is 0.0560 e. The van der Waals surface area contributed by atoms with Crippen LogP contribution >= 0.6 is 0 Å². The smallest absolute Gasteiger partial charge is 0.0560 e. The molecule has 54 heavy (non-hydrogen) atoms. The first-order valence-electron chi connectivity index (χ1n) is 18.5. The molecule has 4 heteroatoms. The Morgan fingerprint density at radius 2 is 0.907 bits per heavy atom. The third-order valence-electron chi connectivity index (χ3n) is 11.5. The average molecular weight is 689 g/mol. The van der Waals surface area contributed by atoms with Crippen LogP contribution in [-0.2, 0) is 0 Å². The topological polar surface area (TPSA) is 41.4 Å². The van der Waals surface area contributed by atoms with Gasteiger partial charge in [0.05, 0.1) is 27.6 Å². The van der Waals surface area contributed by atoms with Gasteiger partial charge in [-0.05, 0) is 112 Å². The van der Waals surface area contributed by atoms with Gasteiger partial charge in [-0.3, -0.25) is 0 Å². The van der Waals surface area contributed by atoms with Crippen LogP contribution in [0.5, 0.6) is 0 Å². The molecule has 0 spiro atoms. The van der Waals surface area contributed by atoms with Crippen molar-refractivity contribution in [1.29, 1.82) is 0 Å². The van der Waals surface area contributed by atoms with Crippen molar-refractivity contribution in [3.63, 3.8) is 0 Å². The van der Waals surface area contributed by atoms with Crippen molar-refractivity contribution >= 4 is 76.1 Å². The summed E-state index contributed by atoms with van der Waals surface area (Å²) in [6.45, 7) is 0. The summed E-state index contributed by atoms with van der Waals surface area (Å²) in [5.41, 5.74) is 13.0. The SMILES string of the molecule is c1ccc(-n2c3ccccc3c3cc(-c4ccc5c(c4)c4cc(-c6cc7c(c[nH]6)c6[nH]ccc8cccc7c86)ccc4n5-c4ccccc4)ccc32)cc1. The molecule has 0 atom stereocenters. The number of hydrogen-bond acceptors (Lipinski definition) is 0. The zero-order valence-electron chi connectivity index (χ0n) is 29.2. The van der Waals surface area contributed by atoms with E-state index in [1.54, 1.807) is 0 Å². The molecular formula is C50H32N4. The molecule has 4 nitrogen and oxygen atoms in total. The fraction of sp³-hybridized carbons (Fsp3) is 0. The zero-order valence-corrected chi connectivity index (χ0v) is 29.2. The highest BCUT2D eigenvalue weighted by Gasteiger charge is 2.18. The Balaban J connectivity index is 1.07. The molecule has 0 unspecified atom stereocenters. The molecule has 2 N–H and O–H groups in total. The van der Waals surface area contributed by atoms with Gasteiger partial charge in [0.2, 0.25) is 0 Å². The molecule has 12 rings (SSSR count). The number of pyridine rings is 2. The van der Waals surface area contributed by atoms with Crippen molar-refractivity contribution in [3.05, 3.63) is 182 Å². The second-order valence-electron chi connectivity index (χ2n) is 14.4. The predicted molar refractivity (Wildman–Crippen MR) is 227 cm³/mol. The molecule has 8 aromatic carbocycles. The van der Waals surface area contributed by atoms with Gasteiger partial charge in [-0.2, -0.15) is 0 Å². The Kier molecular flexibility index (Phi) is 6.02. The highest BCUT2D eigenvalue weighted by atomic mass is 15.0. The minimum Gasteiger partial charge on any atom is -0.361 e. The lowest BCUT2D eigenvalue weighted by atomic mass is 9.99. The van der Waals surface area contributed by atoms with E-state index in [0.717, 1.165) is 16.9 Å². The van der Waals surface area contributed by atoms with Gasteiger partial charge in [-0.15, -0.1) is 0 Å². The number of aromatic nitrogens is 4. The minimum atomic E-state index is 1.09. The summed E-state index contributed by atoms with van der Waals surface area (Å²) in [7, 11) is 0. The van der Waals surface area contributed by atoms with Crippen molar-refractivity contribution in [2.24, 2.45) is 0 Å². The molecule has 0 aliphatic rings. The van der Waals surface area contributed by atoms with E-state index in [2.05, 4.69) is 195 Å². The number of rotatable bonds is 4. The third kappa shape index (κ3) is 4.13.